The van der Waals surface area contributed by atoms with Gasteiger partial charge in [-0.2, -0.15) is 18.2 Å². The van der Waals surface area contributed by atoms with Crippen LogP contribution in [0.4, 0.5) is 28.3 Å². The minimum absolute atomic E-state index is 0.00638. The van der Waals surface area contributed by atoms with E-state index in [1.165, 1.54) is 18.2 Å². The highest BCUT2D eigenvalue weighted by atomic mass is 19.4. The molecular weight excluding hydrogens is 524 g/mol. The molecule has 1 aromatic carbocycles. The molecule has 9 nitrogen and oxygen atoms in total. The smallest absolute Gasteiger partial charge is 0.433 e. The van der Waals surface area contributed by atoms with E-state index in [4.69, 9.17) is 18.9 Å². The summed E-state index contributed by atoms with van der Waals surface area (Å²) in [6, 6.07) is 5.73. The Labute approximate surface area is 223 Å². The van der Waals surface area contributed by atoms with Crippen LogP contribution < -0.4 is 9.64 Å². The first-order valence-electron chi connectivity index (χ1n) is 12.7. The van der Waals surface area contributed by atoms with Gasteiger partial charge in [0.15, 0.2) is 11.5 Å². The number of likely N-dealkylation sites (tertiary alicyclic amines) is 1. The van der Waals surface area contributed by atoms with Gasteiger partial charge in [0.25, 0.3) is 0 Å². The molecule has 1 amide bonds. The van der Waals surface area contributed by atoms with Gasteiger partial charge in [0.2, 0.25) is 11.8 Å². The fraction of sp³-hybridized carbons (Fsp3) is 0.577. The van der Waals surface area contributed by atoms with Crippen molar-refractivity contribution >= 4 is 12.0 Å². The minimum Gasteiger partial charge on any atom is -0.444 e. The summed E-state index contributed by atoms with van der Waals surface area (Å²) >= 11 is 0. The Morgan fingerprint density at radius 3 is 2.41 bits per heavy atom. The van der Waals surface area contributed by atoms with E-state index in [1.807, 2.05) is 0 Å². The van der Waals surface area contributed by atoms with Gasteiger partial charge in [0.05, 0.1) is 19.8 Å². The molecule has 1 aromatic heterocycles. The minimum atomic E-state index is -4.76. The zero-order valence-electron chi connectivity index (χ0n) is 21.9. The molecule has 2 aromatic rings. The van der Waals surface area contributed by atoms with E-state index in [9.17, 15) is 22.4 Å². The Balaban J connectivity index is 1.41. The topological polar surface area (TPSA) is 86.3 Å². The van der Waals surface area contributed by atoms with Crippen molar-refractivity contribution in [2.45, 2.75) is 51.2 Å². The lowest BCUT2D eigenvalue weighted by atomic mass is 9.72. The Morgan fingerprint density at radius 1 is 1.03 bits per heavy atom. The number of halogens is 4. The van der Waals surface area contributed by atoms with Gasteiger partial charge in [-0.25, -0.2) is 14.2 Å². The average molecular weight is 555 g/mol. The third-order valence-electron chi connectivity index (χ3n) is 7.11. The normalized spacial score (nSPS) is 23.1. The third-order valence-corrected chi connectivity index (χ3v) is 7.11. The van der Waals surface area contributed by atoms with Crippen LogP contribution in [-0.4, -0.2) is 71.7 Å². The predicted octanol–water partition coefficient (Wildman–Crippen LogP) is 5.01. The summed E-state index contributed by atoms with van der Waals surface area (Å²) in [5.74, 6) is -2.26. The predicted molar refractivity (Wildman–Crippen MR) is 130 cm³/mol. The number of rotatable bonds is 3. The number of anilines is 1. The second-order valence-corrected chi connectivity index (χ2v) is 11.0. The van der Waals surface area contributed by atoms with Crippen molar-refractivity contribution in [2.75, 3.05) is 44.3 Å². The highest BCUT2D eigenvalue weighted by Crippen LogP contribution is 2.52. The molecule has 13 heteroatoms. The second kappa shape index (κ2) is 9.77. The van der Waals surface area contributed by atoms with Crippen molar-refractivity contribution in [1.29, 1.82) is 0 Å². The lowest BCUT2D eigenvalue weighted by molar-refractivity contribution is -0.256. The number of hydrogen-bond donors (Lipinski definition) is 0. The van der Waals surface area contributed by atoms with E-state index < -0.39 is 40.6 Å². The molecule has 3 aliphatic rings. The number of benzene rings is 1. The van der Waals surface area contributed by atoms with Crippen molar-refractivity contribution in [3.05, 3.63) is 41.8 Å². The zero-order chi connectivity index (χ0) is 28.1. The van der Waals surface area contributed by atoms with Crippen LogP contribution in [-0.2, 0) is 20.4 Å². The Kier molecular flexibility index (Phi) is 6.86. The van der Waals surface area contributed by atoms with Crippen molar-refractivity contribution in [3.8, 4) is 11.6 Å². The molecule has 3 fully saturated rings. The largest absolute Gasteiger partial charge is 0.444 e. The first-order valence-corrected chi connectivity index (χ1v) is 12.7. The van der Waals surface area contributed by atoms with Crippen LogP contribution in [0.3, 0.4) is 0 Å². The number of carbonyl (C=O) groups excluding carboxylic acids is 1. The van der Waals surface area contributed by atoms with Gasteiger partial charge >= 0.3 is 12.3 Å². The van der Waals surface area contributed by atoms with Crippen LogP contribution in [0.15, 0.2) is 30.3 Å². The third kappa shape index (κ3) is 5.60. The van der Waals surface area contributed by atoms with Crippen molar-refractivity contribution in [3.63, 3.8) is 0 Å². The highest BCUT2D eigenvalue weighted by molar-refractivity contribution is 5.68. The van der Waals surface area contributed by atoms with Crippen LogP contribution in [0.25, 0.3) is 0 Å². The molecule has 212 valence electrons. The number of aromatic nitrogens is 2. The Bertz CT molecular complexity index is 1230. The fourth-order valence-electron chi connectivity index (χ4n) is 5.33. The van der Waals surface area contributed by atoms with Gasteiger partial charge in [0.1, 0.15) is 17.2 Å². The van der Waals surface area contributed by atoms with Crippen LogP contribution in [0, 0.1) is 11.2 Å². The van der Waals surface area contributed by atoms with Gasteiger partial charge < -0.3 is 28.7 Å². The summed E-state index contributed by atoms with van der Waals surface area (Å²) in [6.07, 6.45) is -4.23. The monoisotopic (exact) mass is 554 g/mol. The van der Waals surface area contributed by atoms with Crippen molar-refractivity contribution < 1.29 is 41.3 Å². The molecule has 0 N–H and O–H groups in total. The second-order valence-electron chi connectivity index (χ2n) is 11.0. The number of alkyl halides is 3. The molecule has 0 radical (unpaired) electrons. The molecule has 2 spiro atoms. The number of nitrogens with zero attached hydrogens (tertiary/aromatic N) is 4. The maximum atomic E-state index is 13.7. The van der Waals surface area contributed by atoms with E-state index in [0.29, 0.717) is 45.2 Å². The molecule has 0 bridgehead atoms. The Morgan fingerprint density at radius 2 is 1.74 bits per heavy atom. The highest BCUT2D eigenvalue weighted by Gasteiger charge is 2.62. The molecule has 39 heavy (non-hydrogen) atoms. The first-order chi connectivity index (χ1) is 18.3. The van der Waals surface area contributed by atoms with E-state index in [1.54, 1.807) is 30.6 Å². The van der Waals surface area contributed by atoms with Crippen LogP contribution in [0.2, 0.25) is 0 Å². The van der Waals surface area contributed by atoms with E-state index in [2.05, 4.69) is 9.97 Å². The number of carbonyl (C=O) groups is 1. The first kappa shape index (κ1) is 27.4. The molecule has 0 saturated carbocycles. The summed E-state index contributed by atoms with van der Waals surface area (Å²) < 4.78 is 78.1. The van der Waals surface area contributed by atoms with Crippen LogP contribution >= 0.6 is 0 Å². The van der Waals surface area contributed by atoms with E-state index in [0.717, 1.165) is 6.07 Å². The van der Waals surface area contributed by atoms with E-state index in [-0.39, 0.29) is 30.7 Å². The number of hydrogen-bond acceptors (Lipinski definition) is 8. The van der Waals surface area contributed by atoms with Gasteiger partial charge in [-0.15, -0.1) is 0 Å². The molecule has 1 unspecified atom stereocenters. The lowest BCUT2D eigenvalue weighted by Gasteiger charge is -2.50. The summed E-state index contributed by atoms with van der Waals surface area (Å²) in [5.41, 5.74) is -2.47. The number of amides is 1. The molecule has 3 saturated heterocycles. The molecule has 1 atom stereocenters. The Hall–Kier alpha value is -3.19. The lowest BCUT2D eigenvalue weighted by Crippen LogP contribution is -2.63. The molecule has 0 aliphatic carbocycles. The molecule has 3 aliphatic heterocycles. The van der Waals surface area contributed by atoms with Crippen molar-refractivity contribution in [2.24, 2.45) is 5.41 Å². The average Bonchev–Trinajstić information content (AvgIpc) is 3.48. The SMILES string of the molecule is CC(C)(C)OC(=O)N1CCC2(CCN(c3nc(Oc4cccc(F)c4)cc(C(F)(F)F)n3)C2)C2(C1)OCCO2. The summed E-state index contributed by atoms with van der Waals surface area (Å²) in [7, 11) is 0. The summed E-state index contributed by atoms with van der Waals surface area (Å²) in [5, 5.41) is 0. The molecule has 4 heterocycles. The van der Waals surface area contributed by atoms with Crippen molar-refractivity contribution in [1.82, 2.24) is 14.9 Å². The maximum Gasteiger partial charge on any atom is 0.433 e. The van der Waals surface area contributed by atoms with Gasteiger partial charge in [0, 0.05) is 37.2 Å². The molecular formula is C26H30F4N4O5. The number of fused-ring (bicyclic) bond motifs is 1. The maximum absolute atomic E-state index is 13.7. The summed E-state index contributed by atoms with van der Waals surface area (Å²) in [4.78, 5) is 24.0. The van der Waals surface area contributed by atoms with Crippen LogP contribution in [0.1, 0.15) is 39.3 Å². The quantitative estimate of drug-likeness (QED) is 0.490. The standard InChI is InChI=1S/C26H30F4N4O5/c1-23(2,3)39-22(35)34-10-8-24(25(16-34)36-11-12-37-25)7-9-33(15-24)21-31-19(26(28,29)30)14-20(32-21)38-18-6-4-5-17(27)13-18/h4-6,13-14H,7-12,15-16H2,1-3H3. The zero-order valence-corrected chi connectivity index (χ0v) is 21.9. The van der Waals surface area contributed by atoms with E-state index >= 15 is 0 Å². The number of piperidine rings is 1. The fourth-order valence-corrected chi connectivity index (χ4v) is 5.33. The number of ether oxygens (including phenoxy) is 4. The van der Waals surface area contributed by atoms with Gasteiger partial charge in [-0.05, 0) is 45.7 Å². The summed E-state index contributed by atoms with van der Waals surface area (Å²) in [6.45, 7) is 7.09. The van der Waals surface area contributed by atoms with Gasteiger partial charge in [-0.3, -0.25) is 0 Å². The van der Waals surface area contributed by atoms with Gasteiger partial charge in [-0.1, -0.05) is 6.07 Å². The molecule has 5 rings (SSSR count). The van der Waals surface area contributed by atoms with Crippen LogP contribution in [0.5, 0.6) is 11.6 Å².